The molecular formula is C15H20N4O2. The number of benzene rings is 1. The molecule has 0 aliphatic rings. The molecule has 3 N–H and O–H groups in total. The second-order valence-electron chi connectivity index (χ2n) is 5.20. The van der Waals surface area contributed by atoms with Crippen LogP contribution in [0.25, 0.3) is 0 Å². The van der Waals surface area contributed by atoms with Crippen molar-refractivity contribution in [3.8, 4) is 11.6 Å². The summed E-state index contributed by atoms with van der Waals surface area (Å²) in [5, 5.41) is 16.2. The van der Waals surface area contributed by atoms with Gasteiger partial charge in [0, 0.05) is 7.05 Å². The van der Waals surface area contributed by atoms with E-state index in [2.05, 4.69) is 24.1 Å². The summed E-state index contributed by atoms with van der Waals surface area (Å²) in [6.45, 7) is 6.05. The number of amidine groups is 1. The summed E-state index contributed by atoms with van der Waals surface area (Å²) < 4.78 is 7.42. The Kier molecular flexibility index (Phi) is 4.16. The molecule has 112 valence electrons. The molecule has 6 nitrogen and oxygen atoms in total. The zero-order valence-electron chi connectivity index (χ0n) is 12.7. The van der Waals surface area contributed by atoms with E-state index in [0.29, 0.717) is 28.8 Å². The molecule has 1 aromatic carbocycles. The summed E-state index contributed by atoms with van der Waals surface area (Å²) in [7, 11) is 1.75. The highest BCUT2D eigenvalue weighted by molar-refractivity contribution is 6.00. The molecular weight excluding hydrogens is 268 g/mol. The fraction of sp³-hybridized carbons (Fsp3) is 0.333. The Labute approximate surface area is 123 Å². The van der Waals surface area contributed by atoms with Gasteiger partial charge in [0.15, 0.2) is 5.84 Å². The quantitative estimate of drug-likeness (QED) is 0.392. The number of ether oxygens (including phenoxy) is 1. The number of hydrogen-bond donors (Lipinski definition) is 2. The van der Waals surface area contributed by atoms with Crippen LogP contribution < -0.4 is 10.5 Å². The normalized spacial score (nSPS) is 12.0. The average Bonchev–Trinajstić information content (AvgIpc) is 2.73. The van der Waals surface area contributed by atoms with Gasteiger partial charge in [-0.3, -0.25) is 0 Å². The lowest BCUT2D eigenvalue weighted by Gasteiger charge is -2.10. The molecule has 1 heterocycles. The third kappa shape index (κ3) is 2.99. The summed E-state index contributed by atoms with van der Waals surface area (Å²) >= 11 is 0. The molecule has 6 heteroatoms. The Balaban J connectivity index is 2.35. The predicted molar refractivity (Wildman–Crippen MR) is 81.1 cm³/mol. The van der Waals surface area contributed by atoms with Crippen LogP contribution in [0.2, 0.25) is 0 Å². The summed E-state index contributed by atoms with van der Waals surface area (Å²) in [6, 6.07) is 7.83. The molecule has 1 aromatic heterocycles. The van der Waals surface area contributed by atoms with Crippen molar-refractivity contribution >= 4 is 5.84 Å². The standard InChI is InChI=1S/C15H20N4O2/c1-9(2)11-5-7-12(8-6-11)21-15-13(14(16)18-20)10(3)17-19(15)4/h5-9,20H,1-4H3,(H2,16,18). The minimum atomic E-state index is -0.0191. The van der Waals surface area contributed by atoms with Gasteiger partial charge in [0.2, 0.25) is 5.88 Å². The first-order valence-corrected chi connectivity index (χ1v) is 6.73. The third-order valence-electron chi connectivity index (χ3n) is 3.29. The largest absolute Gasteiger partial charge is 0.439 e. The molecule has 2 rings (SSSR count). The van der Waals surface area contributed by atoms with Crippen molar-refractivity contribution in [2.24, 2.45) is 17.9 Å². The van der Waals surface area contributed by atoms with Crippen LogP contribution in [0, 0.1) is 6.92 Å². The SMILES string of the molecule is Cc1nn(C)c(Oc2ccc(C(C)C)cc2)c1C(N)=NO. The first kappa shape index (κ1) is 14.9. The molecule has 0 fully saturated rings. The number of rotatable bonds is 4. The second kappa shape index (κ2) is 5.87. The Morgan fingerprint density at radius 3 is 2.48 bits per heavy atom. The summed E-state index contributed by atoms with van der Waals surface area (Å²) in [4.78, 5) is 0. The third-order valence-corrected chi connectivity index (χ3v) is 3.29. The van der Waals surface area contributed by atoms with Gasteiger partial charge in [-0.1, -0.05) is 31.1 Å². The van der Waals surface area contributed by atoms with E-state index in [4.69, 9.17) is 15.7 Å². The summed E-state index contributed by atoms with van der Waals surface area (Å²) in [6.07, 6.45) is 0. The van der Waals surface area contributed by atoms with Crippen LogP contribution in [-0.2, 0) is 7.05 Å². The minimum absolute atomic E-state index is 0.0191. The lowest BCUT2D eigenvalue weighted by atomic mass is 10.0. The fourth-order valence-electron chi connectivity index (χ4n) is 2.13. The molecule has 0 saturated carbocycles. The lowest BCUT2D eigenvalue weighted by molar-refractivity contribution is 0.318. The van der Waals surface area contributed by atoms with Crippen LogP contribution in [0.4, 0.5) is 0 Å². The van der Waals surface area contributed by atoms with Gasteiger partial charge < -0.3 is 15.7 Å². The maximum atomic E-state index is 8.88. The average molecular weight is 288 g/mol. The lowest BCUT2D eigenvalue weighted by Crippen LogP contribution is -2.15. The van der Waals surface area contributed by atoms with Crippen LogP contribution >= 0.6 is 0 Å². The van der Waals surface area contributed by atoms with E-state index in [0.717, 1.165) is 0 Å². The first-order chi connectivity index (χ1) is 9.93. The highest BCUT2D eigenvalue weighted by Crippen LogP contribution is 2.28. The molecule has 0 radical (unpaired) electrons. The minimum Gasteiger partial charge on any atom is -0.439 e. The molecule has 2 aromatic rings. The number of nitrogens with two attached hydrogens (primary N) is 1. The summed E-state index contributed by atoms with van der Waals surface area (Å²) in [5.41, 5.74) is 8.06. The van der Waals surface area contributed by atoms with Gasteiger partial charge in [-0.05, 0) is 30.5 Å². The number of hydrogen-bond acceptors (Lipinski definition) is 4. The molecule has 0 aliphatic carbocycles. The molecule has 0 amide bonds. The zero-order valence-corrected chi connectivity index (χ0v) is 12.7. The number of oxime groups is 1. The van der Waals surface area contributed by atoms with E-state index < -0.39 is 0 Å². The Morgan fingerprint density at radius 1 is 1.33 bits per heavy atom. The maximum absolute atomic E-state index is 8.88. The smallest absolute Gasteiger partial charge is 0.229 e. The first-order valence-electron chi connectivity index (χ1n) is 6.73. The van der Waals surface area contributed by atoms with Crippen molar-refractivity contribution in [2.45, 2.75) is 26.7 Å². The topological polar surface area (TPSA) is 85.7 Å². The molecule has 0 unspecified atom stereocenters. The number of nitrogens with zero attached hydrogens (tertiary/aromatic N) is 3. The molecule has 0 aliphatic heterocycles. The van der Waals surface area contributed by atoms with Crippen LogP contribution in [0.1, 0.15) is 36.6 Å². The maximum Gasteiger partial charge on any atom is 0.229 e. The van der Waals surface area contributed by atoms with Gasteiger partial charge in [-0.15, -0.1) is 0 Å². The van der Waals surface area contributed by atoms with Crippen LogP contribution in [0.3, 0.4) is 0 Å². The molecule has 21 heavy (non-hydrogen) atoms. The monoisotopic (exact) mass is 288 g/mol. The van der Waals surface area contributed by atoms with Crippen molar-refractivity contribution in [1.82, 2.24) is 9.78 Å². The Bertz CT molecular complexity index is 657. The van der Waals surface area contributed by atoms with E-state index in [-0.39, 0.29) is 5.84 Å². The van der Waals surface area contributed by atoms with E-state index in [1.54, 1.807) is 18.7 Å². The van der Waals surface area contributed by atoms with Crippen LogP contribution in [-0.4, -0.2) is 20.8 Å². The van der Waals surface area contributed by atoms with Crippen molar-refractivity contribution in [2.75, 3.05) is 0 Å². The van der Waals surface area contributed by atoms with E-state index in [1.165, 1.54) is 5.56 Å². The number of aromatic nitrogens is 2. The van der Waals surface area contributed by atoms with Gasteiger partial charge in [0.25, 0.3) is 0 Å². The highest BCUT2D eigenvalue weighted by atomic mass is 16.5. The van der Waals surface area contributed by atoms with Crippen LogP contribution in [0.15, 0.2) is 29.4 Å². The Hall–Kier alpha value is -2.50. The highest BCUT2D eigenvalue weighted by Gasteiger charge is 2.19. The van der Waals surface area contributed by atoms with Gasteiger partial charge in [-0.2, -0.15) is 5.10 Å². The van der Waals surface area contributed by atoms with E-state index >= 15 is 0 Å². The zero-order chi connectivity index (χ0) is 15.6. The van der Waals surface area contributed by atoms with E-state index in [1.807, 2.05) is 24.3 Å². The molecule has 0 bridgehead atoms. The fourth-order valence-corrected chi connectivity index (χ4v) is 2.13. The number of aryl methyl sites for hydroxylation is 2. The second-order valence-corrected chi connectivity index (χ2v) is 5.20. The summed E-state index contributed by atoms with van der Waals surface area (Å²) in [5.74, 6) is 1.56. The van der Waals surface area contributed by atoms with Gasteiger partial charge in [0.1, 0.15) is 11.3 Å². The van der Waals surface area contributed by atoms with Gasteiger partial charge in [-0.25, -0.2) is 4.68 Å². The Morgan fingerprint density at radius 2 is 1.95 bits per heavy atom. The van der Waals surface area contributed by atoms with Gasteiger partial charge in [0.05, 0.1) is 5.69 Å². The molecule has 0 saturated heterocycles. The molecule has 0 atom stereocenters. The van der Waals surface area contributed by atoms with Crippen molar-refractivity contribution in [3.63, 3.8) is 0 Å². The predicted octanol–water partition coefficient (Wildman–Crippen LogP) is 2.74. The van der Waals surface area contributed by atoms with E-state index in [9.17, 15) is 0 Å². The van der Waals surface area contributed by atoms with Gasteiger partial charge >= 0.3 is 0 Å². The van der Waals surface area contributed by atoms with Crippen LogP contribution in [0.5, 0.6) is 11.6 Å². The van der Waals surface area contributed by atoms with Crippen molar-refractivity contribution in [3.05, 3.63) is 41.1 Å². The molecule has 0 spiro atoms. The van der Waals surface area contributed by atoms with Crippen molar-refractivity contribution < 1.29 is 9.94 Å². The van der Waals surface area contributed by atoms with Crippen molar-refractivity contribution in [1.29, 1.82) is 0 Å².